The molecule has 0 bridgehead atoms. The Bertz CT molecular complexity index is 346. The summed E-state index contributed by atoms with van der Waals surface area (Å²) >= 11 is 0. The second-order valence-electron chi connectivity index (χ2n) is 8.75. The van der Waals surface area contributed by atoms with Crippen molar-refractivity contribution in [2.45, 2.75) is 91.2 Å². The molecular weight excluding hydrogens is 308 g/mol. The van der Waals surface area contributed by atoms with Crippen LogP contribution in [0.2, 0.25) is 0 Å². The fourth-order valence-corrected chi connectivity index (χ4v) is 5.36. The summed E-state index contributed by atoms with van der Waals surface area (Å²) in [6.45, 7) is 17.6. The highest BCUT2D eigenvalue weighted by Crippen LogP contribution is 2.26. The van der Waals surface area contributed by atoms with Crippen LogP contribution in [0.5, 0.6) is 0 Å². The lowest BCUT2D eigenvalue weighted by Crippen LogP contribution is -2.59. The minimum atomic E-state index is 0.458. The summed E-state index contributed by atoms with van der Waals surface area (Å²) in [5.41, 5.74) is 0. The molecule has 2 aliphatic heterocycles. The topological polar surface area (TPSA) is 9.23 Å². The summed E-state index contributed by atoms with van der Waals surface area (Å²) in [7, 11) is 0. The molecule has 1 unspecified atom stereocenters. The molecule has 0 aromatic rings. The number of piperidine rings is 2. The Balaban J connectivity index is 1.75. The molecule has 0 radical (unpaired) electrons. The Morgan fingerprint density at radius 3 is 1.96 bits per heavy atom. The summed E-state index contributed by atoms with van der Waals surface area (Å²) in [4.78, 5) is 0. The molecule has 2 aliphatic rings. The maximum Gasteiger partial charge on any atom is 0.193 e. The van der Waals surface area contributed by atoms with Gasteiger partial charge in [-0.15, -0.1) is 0 Å². The summed E-state index contributed by atoms with van der Waals surface area (Å²) in [5.74, 6) is 0. The Kier molecular flexibility index (Phi) is 9.23. The van der Waals surface area contributed by atoms with Gasteiger partial charge in [-0.1, -0.05) is 6.92 Å². The van der Waals surface area contributed by atoms with Crippen molar-refractivity contribution in [3.63, 3.8) is 0 Å². The van der Waals surface area contributed by atoms with Crippen LogP contribution in [0.15, 0.2) is 0 Å². The minimum absolute atomic E-state index is 0.458. The molecule has 2 heterocycles. The standard InChI is InChI=1S/C22H46N2O/c1-4-15-22(24(6-3)19-11-8-12-20-24)25-21-14-13-18-23(5-2)16-9-7-10-17-23/h22H,4-21H2,1-3H3/q+2. The van der Waals surface area contributed by atoms with Crippen LogP contribution in [0.1, 0.15) is 85.0 Å². The van der Waals surface area contributed by atoms with Gasteiger partial charge in [-0.3, -0.25) is 4.48 Å². The first-order valence-corrected chi connectivity index (χ1v) is 11.5. The van der Waals surface area contributed by atoms with Crippen molar-refractivity contribution in [3.8, 4) is 0 Å². The van der Waals surface area contributed by atoms with E-state index < -0.39 is 0 Å². The van der Waals surface area contributed by atoms with Gasteiger partial charge in [0.25, 0.3) is 0 Å². The fourth-order valence-electron chi connectivity index (χ4n) is 5.36. The molecule has 0 saturated carbocycles. The van der Waals surface area contributed by atoms with E-state index in [0.29, 0.717) is 6.23 Å². The third kappa shape index (κ3) is 5.94. The lowest BCUT2D eigenvalue weighted by atomic mass is 10.1. The molecule has 25 heavy (non-hydrogen) atoms. The van der Waals surface area contributed by atoms with Gasteiger partial charge in [0, 0.05) is 6.42 Å². The number of hydrogen-bond acceptors (Lipinski definition) is 1. The van der Waals surface area contributed by atoms with Crippen LogP contribution >= 0.6 is 0 Å². The first-order chi connectivity index (χ1) is 12.2. The lowest BCUT2D eigenvalue weighted by molar-refractivity contribution is -0.974. The monoisotopic (exact) mass is 354 g/mol. The zero-order valence-electron chi connectivity index (χ0n) is 17.6. The van der Waals surface area contributed by atoms with Gasteiger partial charge in [-0.05, 0) is 71.6 Å². The Labute approximate surface area is 157 Å². The number of quaternary nitrogens is 2. The minimum Gasteiger partial charge on any atom is -0.329 e. The van der Waals surface area contributed by atoms with Gasteiger partial charge in [0.1, 0.15) is 0 Å². The van der Waals surface area contributed by atoms with Gasteiger partial charge in [0.2, 0.25) is 0 Å². The van der Waals surface area contributed by atoms with Crippen molar-refractivity contribution in [2.75, 3.05) is 52.4 Å². The van der Waals surface area contributed by atoms with Crippen molar-refractivity contribution in [3.05, 3.63) is 0 Å². The number of rotatable bonds is 11. The SMILES string of the molecule is CCCC(OCCCC[N+]1(CC)CCCCC1)[N+]1(CC)CCCCC1. The number of nitrogens with zero attached hydrogens (tertiary/aromatic N) is 2. The van der Waals surface area contributed by atoms with Gasteiger partial charge >= 0.3 is 0 Å². The van der Waals surface area contributed by atoms with Gasteiger partial charge in [0.15, 0.2) is 6.23 Å². The normalized spacial score (nSPS) is 24.1. The van der Waals surface area contributed by atoms with Crippen LogP contribution in [-0.2, 0) is 4.74 Å². The molecule has 2 saturated heterocycles. The highest BCUT2D eigenvalue weighted by atomic mass is 16.5. The molecule has 0 aromatic heterocycles. The molecule has 0 aromatic carbocycles. The van der Waals surface area contributed by atoms with Crippen LogP contribution < -0.4 is 0 Å². The van der Waals surface area contributed by atoms with Crippen molar-refractivity contribution in [1.82, 2.24) is 0 Å². The van der Waals surface area contributed by atoms with Crippen LogP contribution in [-0.4, -0.2) is 67.6 Å². The van der Waals surface area contributed by atoms with E-state index in [2.05, 4.69) is 20.8 Å². The van der Waals surface area contributed by atoms with Gasteiger partial charge in [-0.2, -0.15) is 0 Å². The molecule has 0 spiro atoms. The molecule has 0 amide bonds. The first-order valence-electron chi connectivity index (χ1n) is 11.5. The quantitative estimate of drug-likeness (QED) is 0.377. The molecule has 0 aliphatic carbocycles. The average Bonchev–Trinajstić information content (AvgIpc) is 2.68. The van der Waals surface area contributed by atoms with Crippen LogP contribution in [0.25, 0.3) is 0 Å². The second kappa shape index (κ2) is 10.9. The van der Waals surface area contributed by atoms with E-state index in [1.54, 1.807) is 0 Å². The number of likely N-dealkylation sites (tertiary alicyclic amines) is 2. The molecule has 148 valence electrons. The van der Waals surface area contributed by atoms with E-state index in [-0.39, 0.29) is 0 Å². The van der Waals surface area contributed by atoms with Gasteiger partial charge in [0.05, 0.1) is 52.4 Å². The van der Waals surface area contributed by atoms with Crippen LogP contribution in [0, 0.1) is 0 Å². The number of ether oxygens (including phenoxy) is 1. The maximum absolute atomic E-state index is 6.54. The van der Waals surface area contributed by atoms with E-state index in [1.807, 2.05) is 0 Å². The van der Waals surface area contributed by atoms with Gasteiger partial charge in [-0.25, -0.2) is 0 Å². The van der Waals surface area contributed by atoms with E-state index in [0.717, 1.165) is 6.61 Å². The predicted molar refractivity (Wildman–Crippen MR) is 108 cm³/mol. The van der Waals surface area contributed by atoms with Gasteiger partial charge < -0.3 is 9.22 Å². The molecule has 2 fully saturated rings. The first kappa shape index (κ1) is 21.2. The third-order valence-corrected chi connectivity index (χ3v) is 7.26. The van der Waals surface area contributed by atoms with Crippen LogP contribution in [0.4, 0.5) is 0 Å². The van der Waals surface area contributed by atoms with E-state index in [9.17, 15) is 0 Å². The van der Waals surface area contributed by atoms with E-state index in [4.69, 9.17) is 4.74 Å². The second-order valence-corrected chi connectivity index (χ2v) is 8.75. The summed E-state index contributed by atoms with van der Waals surface area (Å²) in [6.07, 6.45) is 14.1. The summed E-state index contributed by atoms with van der Waals surface area (Å²) in [6, 6.07) is 0. The van der Waals surface area contributed by atoms with Crippen molar-refractivity contribution in [1.29, 1.82) is 0 Å². The summed E-state index contributed by atoms with van der Waals surface area (Å²) < 4.78 is 9.16. The zero-order chi connectivity index (χ0) is 18.0. The van der Waals surface area contributed by atoms with Crippen molar-refractivity contribution >= 4 is 0 Å². The third-order valence-electron chi connectivity index (χ3n) is 7.26. The molecule has 1 atom stereocenters. The zero-order valence-corrected chi connectivity index (χ0v) is 17.6. The summed E-state index contributed by atoms with van der Waals surface area (Å²) in [5, 5.41) is 0. The molecule has 0 N–H and O–H groups in total. The predicted octanol–water partition coefficient (Wildman–Crippen LogP) is 4.95. The molecular formula is C22H46N2O+2. The average molecular weight is 355 g/mol. The Morgan fingerprint density at radius 1 is 0.760 bits per heavy atom. The Hall–Kier alpha value is -0.120. The van der Waals surface area contributed by atoms with E-state index >= 15 is 0 Å². The van der Waals surface area contributed by atoms with Crippen LogP contribution in [0.3, 0.4) is 0 Å². The highest BCUT2D eigenvalue weighted by molar-refractivity contribution is 4.59. The maximum atomic E-state index is 6.54. The van der Waals surface area contributed by atoms with E-state index in [1.165, 1.54) is 119 Å². The smallest absolute Gasteiger partial charge is 0.193 e. The van der Waals surface area contributed by atoms with Crippen molar-refractivity contribution < 1.29 is 13.7 Å². The molecule has 3 nitrogen and oxygen atoms in total. The number of hydrogen-bond donors (Lipinski definition) is 0. The fraction of sp³-hybridized carbons (Fsp3) is 1.00. The largest absolute Gasteiger partial charge is 0.329 e. The molecule has 2 rings (SSSR count). The Morgan fingerprint density at radius 2 is 1.40 bits per heavy atom. The highest BCUT2D eigenvalue weighted by Gasteiger charge is 2.37. The lowest BCUT2D eigenvalue weighted by Gasteiger charge is -2.46. The molecule has 3 heteroatoms. The van der Waals surface area contributed by atoms with Crippen molar-refractivity contribution in [2.24, 2.45) is 0 Å². The number of unbranched alkanes of at least 4 members (excludes halogenated alkanes) is 1.